The average Bonchev–Trinajstić information content (AvgIpc) is 2.84. The molecular weight excluding hydrogens is 520 g/mol. The van der Waals surface area contributed by atoms with Gasteiger partial charge in [-0.1, -0.05) is 11.6 Å². The van der Waals surface area contributed by atoms with Gasteiger partial charge in [-0.2, -0.15) is 13.2 Å². The molecule has 2 bridgehead atoms. The second kappa shape index (κ2) is 10.4. The molecule has 1 amide bonds. The third-order valence-electron chi connectivity index (χ3n) is 7.12. The lowest BCUT2D eigenvalue weighted by molar-refractivity contribution is -0.141. The van der Waals surface area contributed by atoms with Gasteiger partial charge < -0.3 is 19.9 Å². The minimum atomic E-state index is -4.57. The number of hydrogen-bond acceptors (Lipinski definition) is 6. The van der Waals surface area contributed by atoms with E-state index in [2.05, 4.69) is 10.3 Å². The predicted molar refractivity (Wildman–Crippen MR) is 124 cm³/mol. The molecule has 0 radical (unpaired) electrons. The van der Waals surface area contributed by atoms with Crippen LogP contribution in [0.25, 0.3) is 0 Å². The van der Waals surface area contributed by atoms with Crippen molar-refractivity contribution in [3.05, 3.63) is 53.1 Å². The van der Waals surface area contributed by atoms with Crippen molar-refractivity contribution in [1.82, 2.24) is 10.3 Å². The molecule has 3 fully saturated rings. The molecule has 0 unspecified atom stereocenters. The number of nitrogens with zero attached hydrogens (tertiary/aromatic N) is 1. The molecule has 3 saturated carbocycles. The Hall–Kier alpha value is -2.92. The Labute approximate surface area is 215 Å². The van der Waals surface area contributed by atoms with Gasteiger partial charge >= 0.3 is 6.18 Å². The van der Waals surface area contributed by atoms with Crippen LogP contribution in [0.15, 0.2) is 36.5 Å². The first kappa shape index (κ1) is 27.1. The number of fused-ring (bicyclic) bond motifs is 3. The number of carbonyl (C=O) groups is 2. The number of amides is 1. The zero-order valence-electron chi connectivity index (χ0n) is 19.6. The first-order valence-corrected chi connectivity index (χ1v) is 12.0. The van der Waals surface area contributed by atoms with Gasteiger partial charge in [0.2, 0.25) is 0 Å². The molecule has 1 heterocycles. The highest BCUT2D eigenvalue weighted by molar-refractivity contribution is 6.30. The molecule has 2 N–H and O–H groups in total. The number of benzene rings is 1. The molecule has 3 aliphatic carbocycles. The third kappa shape index (κ3) is 6.32. The molecule has 1 atom stereocenters. The van der Waals surface area contributed by atoms with Crippen molar-refractivity contribution in [1.29, 1.82) is 0 Å². The van der Waals surface area contributed by atoms with Crippen molar-refractivity contribution in [2.24, 2.45) is 5.41 Å². The van der Waals surface area contributed by atoms with E-state index < -0.39 is 47.3 Å². The number of rotatable bonds is 9. The summed E-state index contributed by atoms with van der Waals surface area (Å²) in [5, 5.41) is 13.7. The Morgan fingerprint density at radius 2 is 1.76 bits per heavy atom. The molecule has 37 heavy (non-hydrogen) atoms. The lowest BCUT2D eigenvalue weighted by Crippen LogP contribution is -2.65. The molecule has 12 heteroatoms. The summed E-state index contributed by atoms with van der Waals surface area (Å²) in [5.41, 5.74) is -2.34. The summed E-state index contributed by atoms with van der Waals surface area (Å²) in [7, 11) is 0. The van der Waals surface area contributed by atoms with Gasteiger partial charge in [-0.15, -0.1) is 0 Å². The average molecular weight is 545 g/mol. The van der Waals surface area contributed by atoms with E-state index in [1.807, 2.05) is 0 Å². The van der Waals surface area contributed by atoms with Crippen molar-refractivity contribution in [2.45, 2.75) is 56.3 Å². The van der Waals surface area contributed by atoms with Crippen molar-refractivity contribution < 1.29 is 41.7 Å². The van der Waals surface area contributed by atoms with Crippen LogP contribution in [-0.4, -0.2) is 46.6 Å². The third-order valence-corrected chi connectivity index (χ3v) is 7.42. The van der Waals surface area contributed by atoms with E-state index in [1.165, 1.54) is 12.1 Å². The van der Waals surface area contributed by atoms with Crippen LogP contribution in [0.1, 0.15) is 44.2 Å². The highest BCUT2D eigenvalue weighted by Gasteiger charge is 2.55. The summed E-state index contributed by atoms with van der Waals surface area (Å²) in [6, 6.07) is 5.76. The number of ether oxygens (including phenoxy) is 2. The summed E-state index contributed by atoms with van der Waals surface area (Å²) < 4.78 is 62.0. The summed E-state index contributed by atoms with van der Waals surface area (Å²) in [6.45, 7) is -0.690. The fourth-order valence-corrected chi connectivity index (χ4v) is 5.24. The van der Waals surface area contributed by atoms with Crippen LogP contribution in [-0.2, 0) is 15.8 Å². The van der Waals surface area contributed by atoms with E-state index in [0.717, 1.165) is 24.4 Å². The van der Waals surface area contributed by atoms with Crippen LogP contribution in [0.3, 0.4) is 0 Å². The Balaban J connectivity index is 1.26. The lowest BCUT2D eigenvalue weighted by atomic mass is 9.54. The number of ketones is 1. The second-order valence-corrected chi connectivity index (χ2v) is 10.1. The SMILES string of the molecule is O=C(COc1ccc(Cl)c(F)c1)CC12CCC(NC(=O)COc3ccc(C(F)(F)F)nc3)(CC1)[C@H](O)C2. The number of carbonyl (C=O) groups excluding carboxylic acids is 2. The van der Waals surface area contributed by atoms with Gasteiger partial charge in [0.05, 0.1) is 22.9 Å². The number of Topliss-reactive ketones (excluding diaryl/α,β-unsaturated/α-hetero) is 1. The summed E-state index contributed by atoms with van der Waals surface area (Å²) in [5.74, 6) is -1.15. The Morgan fingerprint density at radius 1 is 1.08 bits per heavy atom. The highest BCUT2D eigenvalue weighted by Crippen LogP contribution is 2.54. The molecule has 2 aromatic rings. The van der Waals surface area contributed by atoms with Gasteiger partial charge in [0.15, 0.2) is 12.4 Å². The van der Waals surface area contributed by atoms with Crippen LogP contribution in [0.2, 0.25) is 5.02 Å². The topological polar surface area (TPSA) is 97.8 Å². The normalized spacial score (nSPS) is 25.0. The molecule has 0 spiro atoms. The number of aliphatic hydroxyl groups excluding tert-OH is 1. The molecular formula is C25H25ClF4N2O5. The fourth-order valence-electron chi connectivity index (χ4n) is 5.12. The number of aliphatic hydroxyl groups is 1. The van der Waals surface area contributed by atoms with Crippen molar-refractivity contribution in [3.8, 4) is 11.5 Å². The van der Waals surface area contributed by atoms with E-state index in [-0.39, 0.29) is 35.3 Å². The summed E-state index contributed by atoms with van der Waals surface area (Å²) in [4.78, 5) is 28.4. The quantitative estimate of drug-likeness (QED) is 0.452. The molecule has 0 aliphatic heterocycles. The van der Waals surface area contributed by atoms with E-state index in [9.17, 15) is 32.3 Å². The van der Waals surface area contributed by atoms with Crippen molar-refractivity contribution in [2.75, 3.05) is 13.2 Å². The van der Waals surface area contributed by atoms with Gasteiger partial charge in [0, 0.05) is 12.5 Å². The zero-order chi connectivity index (χ0) is 26.8. The molecule has 0 saturated heterocycles. The molecule has 200 valence electrons. The van der Waals surface area contributed by atoms with Gasteiger partial charge in [-0.3, -0.25) is 9.59 Å². The largest absolute Gasteiger partial charge is 0.486 e. The van der Waals surface area contributed by atoms with Crippen molar-refractivity contribution in [3.63, 3.8) is 0 Å². The lowest BCUT2D eigenvalue weighted by Gasteiger charge is -2.56. The monoisotopic (exact) mass is 544 g/mol. The van der Waals surface area contributed by atoms with E-state index in [1.54, 1.807) is 0 Å². The number of hydrogen-bond donors (Lipinski definition) is 2. The summed E-state index contributed by atoms with van der Waals surface area (Å²) >= 11 is 5.64. The molecule has 3 aliphatic rings. The van der Waals surface area contributed by atoms with E-state index >= 15 is 0 Å². The minimum absolute atomic E-state index is 0.00886. The van der Waals surface area contributed by atoms with Gasteiger partial charge in [-0.25, -0.2) is 9.37 Å². The maximum atomic E-state index is 13.6. The van der Waals surface area contributed by atoms with Gasteiger partial charge in [-0.05, 0) is 61.8 Å². The minimum Gasteiger partial charge on any atom is -0.486 e. The first-order valence-electron chi connectivity index (χ1n) is 11.6. The van der Waals surface area contributed by atoms with E-state index in [0.29, 0.717) is 32.1 Å². The number of pyridine rings is 1. The van der Waals surface area contributed by atoms with Gasteiger partial charge in [0.1, 0.15) is 29.6 Å². The Morgan fingerprint density at radius 3 is 2.35 bits per heavy atom. The van der Waals surface area contributed by atoms with Crippen LogP contribution in [0.5, 0.6) is 11.5 Å². The predicted octanol–water partition coefficient (Wildman–Crippen LogP) is 4.49. The molecule has 5 rings (SSSR count). The Kier molecular flexibility index (Phi) is 7.66. The van der Waals surface area contributed by atoms with Crippen LogP contribution >= 0.6 is 11.6 Å². The first-order chi connectivity index (χ1) is 17.4. The van der Waals surface area contributed by atoms with Crippen molar-refractivity contribution >= 4 is 23.3 Å². The fraction of sp³-hybridized carbons (Fsp3) is 0.480. The van der Waals surface area contributed by atoms with Crippen LogP contribution < -0.4 is 14.8 Å². The Bertz CT molecular complexity index is 1150. The van der Waals surface area contributed by atoms with Gasteiger partial charge in [0.25, 0.3) is 5.91 Å². The molecule has 7 nitrogen and oxygen atoms in total. The number of nitrogens with one attached hydrogen (secondary N) is 1. The number of alkyl halides is 3. The highest BCUT2D eigenvalue weighted by atomic mass is 35.5. The standard InChI is InChI=1S/C25H25ClF4N2O5/c26-18-3-1-16(9-19(18)27)36-13-15(33)10-23-5-7-24(8-6-23,21(34)11-23)32-22(35)14-37-17-2-4-20(31-12-17)25(28,29)30/h1-4,9,12,21,34H,5-8,10-11,13-14H2,(H,32,35)/t21-,23?,24?/m1/s1. The number of aromatic nitrogens is 1. The summed E-state index contributed by atoms with van der Waals surface area (Å²) in [6.07, 6.45) is -1.93. The smallest absolute Gasteiger partial charge is 0.433 e. The maximum absolute atomic E-state index is 13.6. The van der Waals surface area contributed by atoms with E-state index in [4.69, 9.17) is 21.1 Å². The molecule has 1 aromatic carbocycles. The maximum Gasteiger partial charge on any atom is 0.433 e. The number of halogens is 5. The second-order valence-electron chi connectivity index (χ2n) is 9.67. The van der Waals surface area contributed by atoms with Crippen LogP contribution in [0, 0.1) is 11.2 Å². The van der Waals surface area contributed by atoms with Crippen LogP contribution in [0.4, 0.5) is 17.6 Å². The molecule has 1 aromatic heterocycles. The zero-order valence-corrected chi connectivity index (χ0v) is 20.4.